The fraction of sp³-hybridized carbons (Fsp3) is 0.200. The van der Waals surface area contributed by atoms with Crippen molar-refractivity contribution in [2.75, 3.05) is 11.6 Å². The minimum atomic E-state index is -4.25. The van der Waals surface area contributed by atoms with Crippen LogP contribution in [0.5, 0.6) is 0 Å². The molecule has 0 amide bonds. The van der Waals surface area contributed by atoms with E-state index in [1.165, 1.54) is 0 Å². The maximum atomic E-state index is 11.2. The second-order valence-electron chi connectivity index (χ2n) is 5.41. The maximum Gasteiger partial charge on any atom is 0.344 e. The summed E-state index contributed by atoms with van der Waals surface area (Å²) >= 11 is 12.4. The zero-order chi connectivity index (χ0) is 18.2. The van der Waals surface area contributed by atoms with Crippen LogP contribution in [0.2, 0.25) is 10.0 Å². The minimum absolute atomic E-state index is 0.283. The van der Waals surface area contributed by atoms with Crippen molar-refractivity contribution in [2.24, 2.45) is 0 Å². The smallest absolute Gasteiger partial charge is 0.344 e. The van der Waals surface area contributed by atoms with Crippen LogP contribution in [0.4, 0.5) is 5.82 Å². The molecule has 25 heavy (non-hydrogen) atoms. The van der Waals surface area contributed by atoms with Crippen LogP contribution in [0.1, 0.15) is 12.5 Å². The van der Waals surface area contributed by atoms with Gasteiger partial charge in [0, 0.05) is 28.3 Å². The number of fused-ring (bicyclic) bond motifs is 1. The molecule has 0 saturated carbocycles. The van der Waals surface area contributed by atoms with Gasteiger partial charge in [0.25, 0.3) is 0 Å². The number of rotatable bonds is 5. The number of hydrogen-bond donors (Lipinski definition) is 4. The summed E-state index contributed by atoms with van der Waals surface area (Å²) in [7, 11) is -4.25. The Morgan fingerprint density at radius 1 is 1.32 bits per heavy atom. The summed E-state index contributed by atoms with van der Waals surface area (Å²) in [6, 6.07) is 3.52. The summed E-state index contributed by atoms with van der Waals surface area (Å²) in [5.74, 6) is 0.360. The third kappa shape index (κ3) is 3.66. The van der Waals surface area contributed by atoms with E-state index in [1.807, 2.05) is 13.0 Å². The zero-order valence-corrected chi connectivity index (χ0v) is 15.5. The Morgan fingerprint density at radius 3 is 2.68 bits per heavy atom. The lowest BCUT2D eigenvalue weighted by Gasteiger charge is -2.17. The second-order valence-corrected chi connectivity index (χ2v) is 7.84. The molecule has 2 heterocycles. The van der Waals surface area contributed by atoms with Gasteiger partial charge < -0.3 is 15.1 Å². The van der Waals surface area contributed by atoms with Crippen LogP contribution in [0.25, 0.3) is 22.0 Å². The molecular weight excluding hydrogens is 386 g/mol. The number of anilines is 1. The summed E-state index contributed by atoms with van der Waals surface area (Å²) in [6.07, 6.45) is 3.47. The lowest BCUT2D eigenvalue weighted by molar-refractivity contribution is 0.375. The number of halogens is 2. The molecular formula is C15H15Cl2N4O3P. The molecule has 3 aromatic rings. The quantitative estimate of drug-likeness (QED) is 0.481. The predicted molar refractivity (Wildman–Crippen MR) is 99.3 cm³/mol. The highest BCUT2D eigenvalue weighted by Gasteiger charge is 2.21. The number of benzene rings is 1. The SMILES string of the molecule is CCc1c(NCP(=O)(O)O)nc2c(Cl)c(Cl)ccc2c1-c1cn[nH]c1. The van der Waals surface area contributed by atoms with E-state index >= 15 is 0 Å². The number of nitrogens with zero attached hydrogens (tertiary/aromatic N) is 2. The van der Waals surface area contributed by atoms with Crippen molar-refractivity contribution in [3.63, 3.8) is 0 Å². The van der Waals surface area contributed by atoms with Crippen LogP contribution < -0.4 is 5.32 Å². The van der Waals surface area contributed by atoms with Gasteiger partial charge in [0.1, 0.15) is 12.1 Å². The Morgan fingerprint density at radius 2 is 2.08 bits per heavy atom. The van der Waals surface area contributed by atoms with Gasteiger partial charge in [-0.25, -0.2) is 4.98 Å². The molecule has 4 N–H and O–H groups in total. The number of aromatic nitrogens is 3. The molecule has 10 heteroatoms. The van der Waals surface area contributed by atoms with Gasteiger partial charge in [-0.2, -0.15) is 5.10 Å². The van der Waals surface area contributed by atoms with Crippen molar-refractivity contribution < 1.29 is 14.4 Å². The van der Waals surface area contributed by atoms with Crippen molar-refractivity contribution in [3.05, 3.63) is 40.1 Å². The van der Waals surface area contributed by atoms with Gasteiger partial charge in [0.15, 0.2) is 0 Å². The van der Waals surface area contributed by atoms with Gasteiger partial charge >= 0.3 is 7.60 Å². The highest BCUT2D eigenvalue weighted by molar-refractivity contribution is 7.51. The molecule has 0 aliphatic heterocycles. The fourth-order valence-electron chi connectivity index (χ4n) is 2.70. The van der Waals surface area contributed by atoms with Gasteiger partial charge in [-0.15, -0.1) is 0 Å². The largest absolute Gasteiger partial charge is 0.358 e. The molecule has 0 aliphatic rings. The Hall–Kier alpha value is -1.63. The average Bonchev–Trinajstić information content (AvgIpc) is 3.08. The van der Waals surface area contributed by atoms with Gasteiger partial charge in [-0.1, -0.05) is 36.2 Å². The molecule has 2 aromatic heterocycles. The van der Waals surface area contributed by atoms with Gasteiger partial charge in [-0.05, 0) is 12.5 Å². The average molecular weight is 401 g/mol. The molecule has 3 rings (SSSR count). The monoisotopic (exact) mass is 400 g/mol. The maximum absolute atomic E-state index is 11.2. The third-order valence-corrected chi connectivity index (χ3v) is 5.11. The normalized spacial score (nSPS) is 11.9. The van der Waals surface area contributed by atoms with E-state index in [1.54, 1.807) is 18.5 Å². The standard InChI is InChI=1S/C15H15Cl2N4O3P/c1-2-9-12(8-5-19-20-6-8)10-3-4-11(16)13(17)14(10)21-15(9)18-7-25(22,23)24/h3-6H,2,7H2,1H3,(H,18,21)(H,19,20)(H2,22,23,24). The Kier molecular flexibility index (Phi) is 5.04. The molecule has 0 atom stereocenters. The topological polar surface area (TPSA) is 111 Å². The molecule has 0 saturated heterocycles. The zero-order valence-electron chi connectivity index (χ0n) is 13.1. The first-order chi connectivity index (χ1) is 11.8. The van der Waals surface area contributed by atoms with Crippen LogP contribution >= 0.6 is 30.8 Å². The highest BCUT2D eigenvalue weighted by Crippen LogP contribution is 2.41. The van der Waals surface area contributed by atoms with Gasteiger partial charge in [-0.3, -0.25) is 9.66 Å². The lowest BCUT2D eigenvalue weighted by Crippen LogP contribution is -2.08. The first kappa shape index (κ1) is 18.2. The Balaban J connectivity index is 2.32. The summed E-state index contributed by atoms with van der Waals surface area (Å²) < 4.78 is 11.2. The van der Waals surface area contributed by atoms with E-state index in [4.69, 9.17) is 33.0 Å². The molecule has 7 nitrogen and oxygen atoms in total. The number of H-pyrrole nitrogens is 1. The molecule has 0 bridgehead atoms. The molecule has 0 aliphatic carbocycles. The number of nitrogens with one attached hydrogen (secondary N) is 2. The van der Waals surface area contributed by atoms with E-state index in [0.717, 1.165) is 22.1 Å². The van der Waals surface area contributed by atoms with Crippen LogP contribution in [-0.2, 0) is 11.0 Å². The van der Waals surface area contributed by atoms with Crippen LogP contribution in [0.3, 0.4) is 0 Å². The molecule has 0 fully saturated rings. The van der Waals surface area contributed by atoms with E-state index in [2.05, 4.69) is 20.5 Å². The van der Waals surface area contributed by atoms with Crippen molar-refractivity contribution >= 4 is 47.5 Å². The van der Waals surface area contributed by atoms with Crippen molar-refractivity contribution in [1.29, 1.82) is 0 Å². The molecule has 0 radical (unpaired) electrons. The van der Waals surface area contributed by atoms with Crippen molar-refractivity contribution in [1.82, 2.24) is 15.2 Å². The van der Waals surface area contributed by atoms with Gasteiger partial charge in [0.05, 0.1) is 21.8 Å². The number of pyridine rings is 1. The highest BCUT2D eigenvalue weighted by atomic mass is 35.5. The van der Waals surface area contributed by atoms with Crippen molar-refractivity contribution in [2.45, 2.75) is 13.3 Å². The lowest BCUT2D eigenvalue weighted by atomic mass is 9.96. The summed E-state index contributed by atoms with van der Waals surface area (Å²) in [4.78, 5) is 22.8. The first-order valence-electron chi connectivity index (χ1n) is 7.40. The second kappa shape index (κ2) is 6.94. The first-order valence-corrected chi connectivity index (χ1v) is 9.95. The Labute approximate surface area is 153 Å². The molecule has 0 spiro atoms. The predicted octanol–water partition coefficient (Wildman–Crippen LogP) is 4.04. The molecule has 132 valence electrons. The van der Waals surface area contributed by atoms with E-state index < -0.39 is 13.9 Å². The number of aromatic amines is 1. The summed E-state index contributed by atoms with van der Waals surface area (Å²) in [5.41, 5.74) is 2.92. The molecule has 0 unspecified atom stereocenters. The minimum Gasteiger partial charge on any atom is -0.358 e. The summed E-state index contributed by atoms with van der Waals surface area (Å²) in [6.45, 7) is 1.94. The number of hydrogen-bond acceptors (Lipinski definition) is 4. The molecule has 1 aromatic carbocycles. The van der Waals surface area contributed by atoms with Crippen LogP contribution in [0.15, 0.2) is 24.5 Å². The summed E-state index contributed by atoms with van der Waals surface area (Å²) in [5, 5.41) is 10.9. The third-order valence-electron chi connectivity index (χ3n) is 3.74. The van der Waals surface area contributed by atoms with E-state index in [9.17, 15) is 4.57 Å². The van der Waals surface area contributed by atoms with Crippen LogP contribution in [0, 0.1) is 0 Å². The van der Waals surface area contributed by atoms with Crippen molar-refractivity contribution in [3.8, 4) is 11.1 Å². The fourth-order valence-corrected chi connectivity index (χ4v) is 3.41. The van der Waals surface area contributed by atoms with Gasteiger partial charge in [0.2, 0.25) is 0 Å². The Bertz CT molecular complexity index is 973. The van der Waals surface area contributed by atoms with E-state index in [-0.39, 0.29) is 5.02 Å². The van der Waals surface area contributed by atoms with E-state index in [0.29, 0.717) is 22.8 Å². The van der Waals surface area contributed by atoms with Crippen LogP contribution in [-0.4, -0.2) is 31.3 Å².